The van der Waals surface area contributed by atoms with Gasteiger partial charge in [0.25, 0.3) is 5.88 Å². The lowest BCUT2D eigenvalue weighted by Crippen LogP contribution is -2.29. The quantitative estimate of drug-likeness (QED) is 0.348. The molecule has 0 bridgehead atoms. The zero-order valence-corrected chi connectivity index (χ0v) is 17.2. The van der Waals surface area contributed by atoms with Crippen LogP contribution in [0.2, 0.25) is 5.02 Å². The van der Waals surface area contributed by atoms with Crippen molar-refractivity contribution in [2.75, 3.05) is 6.61 Å². The minimum absolute atomic E-state index is 0.0510. The van der Waals surface area contributed by atoms with Gasteiger partial charge in [-0.2, -0.15) is 13.2 Å². The van der Waals surface area contributed by atoms with Crippen LogP contribution in [-0.2, 0) is 18.0 Å². The molecule has 0 spiro atoms. The van der Waals surface area contributed by atoms with Gasteiger partial charge in [0.15, 0.2) is 17.2 Å². The van der Waals surface area contributed by atoms with Crippen LogP contribution < -0.4 is 19.3 Å². The van der Waals surface area contributed by atoms with Crippen LogP contribution in [-0.4, -0.2) is 27.3 Å². The molecule has 0 unspecified atom stereocenters. The van der Waals surface area contributed by atoms with Gasteiger partial charge in [0.05, 0.1) is 10.9 Å². The molecule has 0 N–H and O–H groups in total. The smallest absolute Gasteiger partial charge is 0.434 e. The van der Waals surface area contributed by atoms with E-state index in [0.717, 1.165) is 25.2 Å². The molecule has 1 aromatic heterocycles. The van der Waals surface area contributed by atoms with Crippen LogP contribution in [0.5, 0.6) is 28.9 Å². The highest BCUT2D eigenvalue weighted by atomic mass is 35.5. The zero-order valence-electron chi connectivity index (χ0n) is 16.5. The number of alkyl halides is 3. The molecular formula is C19H12ClF3N3O7-. The van der Waals surface area contributed by atoms with E-state index in [4.69, 9.17) is 25.8 Å². The molecule has 0 atom stereocenters. The second-order valence-electron chi connectivity index (χ2n) is 6.29. The number of hydrogen-bond acceptors (Lipinski definition) is 8. The van der Waals surface area contributed by atoms with Gasteiger partial charge in [-0.25, -0.2) is 0 Å². The van der Waals surface area contributed by atoms with E-state index in [-0.39, 0.29) is 23.0 Å². The van der Waals surface area contributed by atoms with Crippen LogP contribution in [0.15, 0.2) is 42.5 Å². The number of nitrogens with zero attached hydrogens (tertiary/aromatic N) is 3. The van der Waals surface area contributed by atoms with Gasteiger partial charge in [-0.1, -0.05) is 23.7 Å². The predicted octanol–water partition coefficient (Wildman–Crippen LogP) is 3.71. The molecule has 0 aliphatic rings. The fraction of sp³-hybridized carbons (Fsp3) is 0.158. The van der Waals surface area contributed by atoms with Crippen molar-refractivity contribution in [2.45, 2.75) is 6.18 Å². The molecule has 0 amide bonds. The number of aryl methyl sites for hydroxylation is 1. The summed E-state index contributed by atoms with van der Waals surface area (Å²) in [6.07, 6.45) is -4.79. The highest BCUT2D eigenvalue weighted by Gasteiger charge is 2.39. The van der Waals surface area contributed by atoms with Crippen molar-refractivity contribution < 1.29 is 42.2 Å². The Morgan fingerprint density at radius 3 is 2.39 bits per heavy atom. The number of ether oxygens (including phenoxy) is 3. The Morgan fingerprint density at radius 1 is 1.15 bits per heavy atom. The van der Waals surface area contributed by atoms with Gasteiger partial charge in [0.2, 0.25) is 5.75 Å². The molecule has 0 saturated heterocycles. The first-order chi connectivity index (χ1) is 15.5. The fourth-order valence-corrected chi connectivity index (χ4v) is 2.96. The number of carbonyl (C=O) groups is 1. The van der Waals surface area contributed by atoms with Crippen molar-refractivity contribution >= 4 is 23.3 Å². The van der Waals surface area contributed by atoms with E-state index in [0.29, 0.717) is 4.68 Å². The molecule has 0 fully saturated rings. The SMILES string of the molecule is Cn1nc(Oc2ccc([N+](=O)[O-])c(Oc3ccccc3OCC(=O)[O-])c2)c(Cl)c1C(F)(F)F. The molecule has 0 saturated carbocycles. The minimum atomic E-state index is -4.79. The summed E-state index contributed by atoms with van der Waals surface area (Å²) in [4.78, 5) is 21.3. The molecular weight excluding hydrogens is 475 g/mol. The number of hydrogen-bond donors (Lipinski definition) is 0. The van der Waals surface area contributed by atoms with Crippen LogP contribution in [0.4, 0.5) is 18.9 Å². The number of nitro groups is 1. The summed E-state index contributed by atoms with van der Waals surface area (Å²) in [6.45, 7) is -0.800. The summed E-state index contributed by atoms with van der Waals surface area (Å²) >= 11 is 5.76. The number of halogens is 4. The van der Waals surface area contributed by atoms with Crippen molar-refractivity contribution in [1.29, 1.82) is 0 Å². The van der Waals surface area contributed by atoms with E-state index in [9.17, 15) is 33.2 Å². The van der Waals surface area contributed by atoms with Gasteiger partial charge < -0.3 is 24.1 Å². The molecule has 3 rings (SSSR count). The predicted molar refractivity (Wildman–Crippen MR) is 103 cm³/mol. The Kier molecular flexibility index (Phi) is 6.62. The third kappa shape index (κ3) is 5.44. The van der Waals surface area contributed by atoms with Crippen molar-refractivity contribution in [3.63, 3.8) is 0 Å². The second-order valence-corrected chi connectivity index (χ2v) is 6.67. The second kappa shape index (κ2) is 9.24. The van der Waals surface area contributed by atoms with E-state index >= 15 is 0 Å². The molecule has 174 valence electrons. The number of aliphatic carboxylic acids is 1. The third-order valence-corrected chi connectivity index (χ3v) is 4.33. The summed E-state index contributed by atoms with van der Waals surface area (Å²) in [7, 11) is 1.02. The van der Waals surface area contributed by atoms with E-state index in [2.05, 4.69) is 5.10 Å². The Balaban J connectivity index is 1.95. The monoisotopic (exact) mass is 486 g/mol. The fourth-order valence-electron chi connectivity index (χ4n) is 2.66. The van der Waals surface area contributed by atoms with Crippen LogP contribution in [0, 0.1) is 10.1 Å². The van der Waals surface area contributed by atoms with E-state index in [1.807, 2.05) is 0 Å². The summed E-state index contributed by atoms with van der Waals surface area (Å²) in [5, 5.41) is 24.8. The molecule has 1 heterocycles. The van der Waals surface area contributed by atoms with E-state index in [1.165, 1.54) is 24.3 Å². The Morgan fingerprint density at radius 2 is 1.82 bits per heavy atom. The molecule has 2 aromatic carbocycles. The molecule has 10 nitrogen and oxygen atoms in total. The maximum atomic E-state index is 13.1. The van der Waals surface area contributed by atoms with Crippen molar-refractivity contribution in [3.8, 4) is 28.9 Å². The van der Waals surface area contributed by atoms with Crippen LogP contribution in [0.3, 0.4) is 0 Å². The summed E-state index contributed by atoms with van der Waals surface area (Å²) < 4.78 is 55.7. The van der Waals surface area contributed by atoms with Crippen molar-refractivity contribution in [3.05, 3.63) is 63.3 Å². The third-order valence-electron chi connectivity index (χ3n) is 3.99. The molecule has 0 aliphatic heterocycles. The van der Waals surface area contributed by atoms with Crippen LogP contribution >= 0.6 is 11.6 Å². The number of benzene rings is 2. The molecule has 14 heteroatoms. The van der Waals surface area contributed by atoms with Gasteiger partial charge in [0.1, 0.15) is 17.4 Å². The first kappa shape index (κ1) is 23.7. The zero-order chi connectivity index (χ0) is 24.3. The Bertz CT molecular complexity index is 1210. The number of carboxylic acid groups (broad SMARTS) is 1. The number of carbonyl (C=O) groups excluding carboxylic acids is 1. The average molecular weight is 487 g/mol. The molecule has 0 aliphatic carbocycles. The molecule has 3 aromatic rings. The maximum absolute atomic E-state index is 13.1. The van der Waals surface area contributed by atoms with E-state index in [1.54, 1.807) is 0 Å². The normalized spacial score (nSPS) is 11.2. The first-order valence-electron chi connectivity index (χ1n) is 8.83. The summed E-state index contributed by atoms with van der Waals surface area (Å²) in [5.74, 6) is -2.75. The standard InChI is InChI=1S/C19H13ClF3N3O7/c1-25-17(19(21,22)23)16(20)18(24-25)32-10-6-7-11(26(29)30)14(8-10)33-13-5-3-2-4-12(13)31-9-15(27)28/h2-8H,9H2,1H3,(H,27,28)/p-1. The highest BCUT2D eigenvalue weighted by Crippen LogP contribution is 2.42. The van der Waals surface area contributed by atoms with Gasteiger partial charge in [0, 0.05) is 19.2 Å². The molecule has 33 heavy (non-hydrogen) atoms. The Labute approximate surface area is 187 Å². The number of rotatable bonds is 8. The first-order valence-corrected chi connectivity index (χ1v) is 9.20. The minimum Gasteiger partial charge on any atom is -0.546 e. The number of para-hydroxylation sites is 2. The lowest BCUT2D eigenvalue weighted by molar-refractivity contribution is -0.385. The van der Waals surface area contributed by atoms with Gasteiger partial charge in [-0.15, -0.1) is 5.10 Å². The van der Waals surface area contributed by atoms with Gasteiger partial charge in [-0.3, -0.25) is 14.8 Å². The lowest BCUT2D eigenvalue weighted by atomic mass is 10.2. The van der Waals surface area contributed by atoms with E-state index < -0.39 is 46.0 Å². The van der Waals surface area contributed by atoms with Crippen molar-refractivity contribution in [1.82, 2.24) is 9.78 Å². The van der Waals surface area contributed by atoms with Crippen LogP contribution in [0.25, 0.3) is 0 Å². The largest absolute Gasteiger partial charge is 0.546 e. The van der Waals surface area contributed by atoms with Crippen molar-refractivity contribution in [2.24, 2.45) is 7.05 Å². The topological polar surface area (TPSA) is 129 Å². The van der Waals surface area contributed by atoms with Gasteiger partial charge >= 0.3 is 11.9 Å². The highest BCUT2D eigenvalue weighted by molar-refractivity contribution is 6.32. The number of aromatic nitrogens is 2. The van der Waals surface area contributed by atoms with Crippen LogP contribution in [0.1, 0.15) is 5.69 Å². The Hall–Kier alpha value is -4.00. The average Bonchev–Trinajstić information content (AvgIpc) is 3.00. The lowest BCUT2D eigenvalue weighted by Gasteiger charge is -2.13. The summed E-state index contributed by atoms with van der Waals surface area (Å²) in [5.41, 5.74) is -1.75. The molecule has 0 radical (unpaired) electrons. The van der Waals surface area contributed by atoms with Gasteiger partial charge in [-0.05, 0) is 18.2 Å². The maximum Gasteiger partial charge on any atom is 0.434 e. The number of nitro benzene ring substituents is 1. The number of carboxylic acids is 1. The summed E-state index contributed by atoms with van der Waals surface area (Å²) in [6, 6.07) is 8.86.